The molecule has 1 saturated heterocycles. The highest BCUT2D eigenvalue weighted by Gasteiger charge is 2.24. The van der Waals surface area contributed by atoms with Crippen LogP contribution in [0.4, 0.5) is 11.4 Å². The second-order valence-corrected chi connectivity index (χ2v) is 9.60. The molecule has 3 aromatic rings. The van der Waals surface area contributed by atoms with Crippen molar-refractivity contribution in [1.82, 2.24) is 5.32 Å². The van der Waals surface area contributed by atoms with E-state index in [9.17, 15) is 14.9 Å². The highest BCUT2D eigenvalue weighted by Crippen LogP contribution is 2.39. The lowest BCUT2D eigenvalue weighted by molar-refractivity contribution is -0.384. The van der Waals surface area contributed by atoms with Crippen LogP contribution in [0.3, 0.4) is 0 Å². The van der Waals surface area contributed by atoms with Gasteiger partial charge in [-0.25, -0.2) is 4.99 Å². The number of amides is 1. The minimum atomic E-state index is -0.494. The topological polar surface area (TPSA) is 103 Å². The van der Waals surface area contributed by atoms with Gasteiger partial charge in [0.25, 0.3) is 11.6 Å². The van der Waals surface area contributed by atoms with Crippen molar-refractivity contribution < 1.29 is 19.2 Å². The number of ether oxygens (including phenoxy) is 2. The number of hydrogen-bond acceptors (Lipinski definition) is 7. The molecule has 0 radical (unpaired) electrons. The number of nitro groups is 1. The van der Waals surface area contributed by atoms with E-state index in [4.69, 9.17) is 44.3 Å². The minimum absolute atomic E-state index is 0.0443. The number of non-ortho nitro benzene ring substituents is 1. The summed E-state index contributed by atoms with van der Waals surface area (Å²) in [6.45, 7) is 0.146. The van der Waals surface area contributed by atoms with E-state index in [1.165, 1.54) is 31.4 Å². The molecule has 1 aliphatic heterocycles. The average molecular weight is 565 g/mol. The lowest BCUT2D eigenvalue weighted by Crippen LogP contribution is -2.19. The van der Waals surface area contributed by atoms with Crippen molar-refractivity contribution >= 4 is 75.1 Å². The van der Waals surface area contributed by atoms with Crippen molar-refractivity contribution in [2.75, 3.05) is 7.11 Å². The zero-order chi connectivity index (χ0) is 25.8. The van der Waals surface area contributed by atoms with Crippen LogP contribution in [0.1, 0.15) is 11.1 Å². The van der Waals surface area contributed by atoms with Gasteiger partial charge in [-0.1, -0.05) is 40.9 Å². The fourth-order valence-corrected chi connectivity index (χ4v) is 4.73. The number of nitro benzene ring substituents is 1. The fraction of sp³-hybridized carbons (Fsp3) is 0.0833. The number of hydrogen-bond donors (Lipinski definition) is 1. The summed E-state index contributed by atoms with van der Waals surface area (Å²) in [4.78, 5) is 27.5. The van der Waals surface area contributed by atoms with Gasteiger partial charge in [0, 0.05) is 27.7 Å². The second-order valence-electron chi connectivity index (χ2n) is 7.31. The number of thioether (sulfide) groups is 1. The maximum Gasteiger partial charge on any atom is 0.269 e. The first-order chi connectivity index (χ1) is 17.2. The van der Waals surface area contributed by atoms with Crippen LogP contribution in [0.2, 0.25) is 15.1 Å². The molecule has 0 saturated carbocycles. The number of halogens is 3. The molecule has 1 fully saturated rings. The Bertz CT molecular complexity index is 1410. The quantitative estimate of drug-likeness (QED) is 0.188. The highest BCUT2D eigenvalue weighted by molar-refractivity contribution is 8.18. The molecule has 3 aromatic carbocycles. The third-order valence-corrected chi connectivity index (χ3v) is 6.66. The molecule has 0 atom stereocenters. The molecule has 12 heteroatoms. The number of nitrogens with one attached hydrogen (secondary N) is 1. The molecule has 0 spiro atoms. The number of aliphatic imine (C=N–C) groups is 1. The van der Waals surface area contributed by atoms with Gasteiger partial charge in [0.1, 0.15) is 6.61 Å². The molecule has 4 rings (SSSR count). The SMILES string of the molecule is COc1cc(/C=C2\SC(=Nc3ccc([N+](=O)[O-])cc3)NC2=O)cc(Cl)c1OCc1ccc(Cl)cc1Cl. The third kappa shape index (κ3) is 6.11. The smallest absolute Gasteiger partial charge is 0.269 e. The van der Waals surface area contributed by atoms with Crippen molar-refractivity contribution in [3.05, 3.63) is 95.8 Å². The monoisotopic (exact) mass is 563 g/mol. The summed E-state index contributed by atoms with van der Waals surface area (Å²) in [5.41, 5.74) is 1.76. The van der Waals surface area contributed by atoms with Gasteiger partial charge in [-0.3, -0.25) is 14.9 Å². The Balaban J connectivity index is 1.52. The van der Waals surface area contributed by atoms with Gasteiger partial charge in [-0.05, 0) is 59.8 Å². The molecule has 36 heavy (non-hydrogen) atoms. The maximum atomic E-state index is 12.5. The summed E-state index contributed by atoms with van der Waals surface area (Å²) in [6.07, 6.45) is 1.65. The van der Waals surface area contributed by atoms with E-state index in [1.54, 1.807) is 36.4 Å². The van der Waals surface area contributed by atoms with Crippen LogP contribution in [-0.4, -0.2) is 23.1 Å². The summed E-state index contributed by atoms with van der Waals surface area (Å²) in [5.74, 6) is 0.368. The highest BCUT2D eigenvalue weighted by atomic mass is 35.5. The normalized spacial score (nSPS) is 15.3. The van der Waals surface area contributed by atoms with Crippen molar-refractivity contribution in [1.29, 1.82) is 0 Å². The van der Waals surface area contributed by atoms with Crippen LogP contribution in [-0.2, 0) is 11.4 Å². The Morgan fingerprint density at radius 1 is 1.08 bits per heavy atom. The molecule has 184 valence electrons. The van der Waals surface area contributed by atoms with Gasteiger partial charge < -0.3 is 14.8 Å². The van der Waals surface area contributed by atoms with Gasteiger partial charge in [-0.15, -0.1) is 0 Å². The Labute approximate surface area is 225 Å². The lowest BCUT2D eigenvalue weighted by Gasteiger charge is -2.14. The van der Waals surface area contributed by atoms with Crippen molar-refractivity contribution in [3.8, 4) is 11.5 Å². The molecule has 0 bridgehead atoms. The number of methoxy groups -OCH3 is 1. The predicted molar refractivity (Wildman–Crippen MR) is 143 cm³/mol. The number of carbonyl (C=O) groups excluding carboxylic acids is 1. The molecule has 1 aliphatic rings. The first-order valence-electron chi connectivity index (χ1n) is 10.2. The zero-order valence-corrected chi connectivity index (χ0v) is 21.5. The molecule has 1 heterocycles. The van der Waals surface area contributed by atoms with E-state index >= 15 is 0 Å². The van der Waals surface area contributed by atoms with E-state index in [0.29, 0.717) is 42.9 Å². The Kier molecular flexibility index (Phi) is 8.05. The summed E-state index contributed by atoms with van der Waals surface area (Å²) in [6, 6.07) is 14.1. The average Bonchev–Trinajstić information content (AvgIpc) is 3.17. The van der Waals surface area contributed by atoms with Gasteiger partial charge in [0.2, 0.25) is 0 Å². The standard InChI is InChI=1S/C24H16Cl3N3O5S/c1-34-20-9-13(8-19(27)22(20)35-12-14-2-3-15(25)11-18(14)26)10-21-23(31)29-24(36-21)28-16-4-6-17(7-5-16)30(32)33/h2-11H,12H2,1H3,(H,28,29,31)/b21-10-. The molecular weight excluding hydrogens is 549 g/mol. The van der Waals surface area contributed by atoms with E-state index in [1.807, 2.05) is 0 Å². The van der Waals surface area contributed by atoms with E-state index in [2.05, 4.69) is 10.3 Å². The maximum absolute atomic E-state index is 12.5. The largest absolute Gasteiger partial charge is 0.493 e. The van der Waals surface area contributed by atoms with Crippen LogP contribution in [0.5, 0.6) is 11.5 Å². The summed E-state index contributed by atoms with van der Waals surface area (Å²) >= 11 is 19.7. The number of carbonyl (C=O) groups is 1. The van der Waals surface area contributed by atoms with E-state index in [0.717, 1.165) is 17.3 Å². The molecule has 0 aliphatic carbocycles. The van der Waals surface area contributed by atoms with Crippen LogP contribution in [0.25, 0.3) is 6.08 Å². The van der Waals surface area contributed by atoms with Crippen molar-refractivity contribution in [2.45, 2.75) is 6.61 Å². The number of amidine groups is 1. The number of rotatable bonds is 7. The number of benzene rings is 3. The Hall–Kier alpha value is -3.24. The first kappa shape index (κ1) is 25.8. The van der Waals surface area contributed by atoms with Gasteiger partial charge >= 0.3 is 0 Å². The molecule has 8 nitrogen and oxygen atoms in total. The molecular formula is C24H16Cl3N3O5S. The Morgan fingerprint density at radius 2 is 1.83 bits per heavy atom. The van der Waals surface area contributed by atoms with Crippen LogP contribution >= 0.6 is 46.6 Å². The summed E-state index contributed by atoms with van der Waals surface area (Å²) < 4.78 is 11.3. The fourth-order valence-electron chi connectivity index (χ4n) is 3.15. The Morgan fingerprint density at radius 3 is 2.50 bits per heavy atom. The van der Waals surface area contributed by atoms with E-state index < -0.39 is 4.92 Å². The predicted octanol–water partition coefficient (Wildman–Crippen LogP) is 7.03. The van der Waals surface area contributed by atoms with Gasteiger partial charge in [0.15, 0.2) is 16.7 Å². The van der Waals surface area contributed by atoms with Crippen LogP contribution in [0, 0.1) is 10.1 Å². The first-order valence-corrected chi connectivity index (χ1v) is 12.2. The van der Waals surface area contributed by atoms with Gasteiger partial charge in [0.05, 0.1) is 27.6 Å². The van der Waals surface area contributed by atoms with Crippen LogP contribution in [0.15, 0.2) is 64.5 Å². The lowest BCUT2D eigenvalue weighted by atomic mass is 10.1. The molecule has 1 N–H and O–H groups in total. The van der Waals surface area contributed by atoms with Gasteiger partial charge in [-0.2, -0.15) is 0 Å². The van der Waals surface area contributed by atoms with Crippen molar-refractivity contribution in [3.63, 3.8) is 0 Å². The second kappa shape index (κ2) is 11.2. The summed E-state index contributed by atoms with van der Waals surface area (Å²) in [5, 5.41) is 15.1. The molecule has 0 unspecified atom stereocenters. The zero-order valence-electron chi connectivity index (χ0n) is 18.5. The van der Waals surface area contributed by atoms with Crippen LogP contribution < -0.4 is 14.8 Å². The summed E-state index contributed by atoms with van der Waals surface area (Å²) in [7, 11) is 1.48. The number of nitrogens with zero attached hydrogens (tertiary/aromatic N) is 2. The molecule has 0 aromatic heterocycles. The minimum Gasteiger partial charge on any atom is -0.493 e. The van der Waals surface area contributed by atoms with E-state index in [-0.39, 0.29) is 23.2 Å². The van der Waals surface area contributed by atoms with Crippen molar-refractivity contribution in [2.24, 2.45) is 4.99 Å². The third-order valence-electron chi connectivity index (χ3n) is 4.88. The molecule has 1 amide bonds.